The fourth-order valence-electron chi connectivity index (χ4n) is 3.40. The molecular weight excluding hydrogens is 270 g/mol. The van der Waals surface area contributed by atoms with Gasteiger partial charge in [-0.1, -0.05) is 6.07 Å². The summed E-state index contributed by atoms with van der Waals surface area (Å²) in [5.74, 6) is -0.826. The number of amides is 1. The lowest BCUT2D eigenvalue weighted by atomic mass is 9.81. The predicted octanol–water partition coefficient (Wildman–Crippen LogP) is 2.07. The summed E-state index contributed by atoms with van der Waals surface area (Å²) in [5, 5.41) is 12.0. The van der Waals surface area contributed by atoms with Crippen LogP contribution in [0.5, 0.6) is 0 Å². The monoisotopic (exact) mass is 289 g/mol. The van der Waals surface area contributed by atoms with E-state index in [1.54, 1.807) is 12.1 Å². The van der Waals surface area contributed by atoms with E-state index in [1.165, 1.54) is 12.1 Å². The van der Waals surface area contributed by atoms with Crippen molar-refractivity contribution in [3.8, 4) is 0 Å². The first-order valence-electron chi connectivity index (χ1n) is 7.41. The number of carbonyl (C=O) groups is 2. The average molecular weight is 289 g/mol. The number of hydrogen-bond donors (Lipinski definition) is 2. The Hall–Kier alpha value is -1.88. The van der Waals surface area contributed by atoms with Crippen molar-refractivity contribution in [2.45, 2.75) is 37.8 Å². The summed E-state index contributed by atoms with van der Waals surface area (Å²) in [6.07, 6.45) is 4.36. The van der Waals surface area contributed by atoms with Gasteiger partial charge in [-0.25, -0.2) is 4.79 Å². The smallest absolute Gasteiger partial charge is 0.335 e. The van der Waals surface area contributed by atoms with Gasteiger partial charge in [0.2, 0.25) is 0 Å². The molecule has 1 saturated heterocycles. The molecule has 0 bridgehead atoms. The molecule has 0 spiro atoms. The number of benzene rings is 1. The molecule has 1 heterocycles. The summed E-state index contributed by atoms with van der Waals surface area (Å²) in [6.45, 7) is 0.774. The summed E-state index contributed by atoms with van der Waals surface area (Å²) in [7, 11) is 0. The molecule has 1 amide bonds. The van der Waals surface area contributed by atoms with E-state index in [-0.39, 0.29) is 23.6 Å². The molecule has 21 heavy (non-hydrogen) atoms. The maximum atomic E-state index is 12.3. The van der Waals surface area contributed by atoms with Crippen LogP contribution in [0.2, 0.25) is 0 Å². The van der Waals surface area contributed by atoms with Gasteiger partial charge < -0.3 is 15.2 Å². The molecule has 2 N–H and O–H groups in total. The second kappa shape index (κ2) is 5.85. The van der Waals surface area contributed by atoms with Gasteiger partial charge in [-0.05, 0) is 43.9 Å². The number of aromatic carboxylic acids is 1. The first kappa shape index (κ1) is 14.1. The molecular formula is C16H19NO4. The Labute approximate surface area is 123 Å². The van der Waals surface area contributed by atoms with Gasteiger partial charge in [0.15, 0.2) is 0 Å². The van der Waals surface area contributed by atoms with Crippen LogP contribution in [-0.4, -0.2) is 35.7 Å². The zero-order chi connectivity index (χ0) is 14.8. The second-order valence-corrected chi connectivity index (χ2v) is 5.76. The Bertz CT molecular complexity index is 557. The van der Waals surface area contributed by atoms with E-state index in [1.807, 2.05) is 0 Å². The van der Waals surface area contributed by atoms with E-state index >= 15 is 0 Å². The van der Waals surface area contributed by atoms with E-state index in [0.29, 0.717) is 11.5 Å². The average Bonchev–Trinajstić information content (AvgIpc) is 2.97. The summed E-state index contributed by atoms with van der Waals surface area (Å²) in [5.41, 5.74) is 0.532. The van der Waals surface area contributed by atoms with Gasteiger partial charge in [-0.15, -0.1) is 0 Å². The Kier molecular flexibility index (Phi) is 3.92. The fraction of sp³-hybridized carbons (Fsp3) is 0.500. The molecule has 1 aliphatic heterocycles. The highest BCUT2D eigenvalue weighted by Gasteiger charge is 2.38. The molecule has 3 atom stereocenters. The first-order chi connectivity index (χ1) is 10.1. The van der Waals surface area contributed by atoms with E-state index in [9.17, 15) is 9.59 Å². The van der Waals surface area contributed by atoms with Gasteiger partial charge in [-0.2, -0.15) is 0 Å². The molecule has 0 radical (unpaired) electrons. The third-order valence-electron chi connectivity index (χ3n) is 4.47. The third kappa shape index (κ3) is 2.93. The van der Waals surface area contributed by atoms with Crippen molar-refractivity contribution >= 4 is 11.9 Å². The number of ether oxygens (including phenoxy) is 1. The van der Waals surface area contributed by atoms with Crippen molar-refractivity contribution in [2.75, 3.05) is 6.61 Å². The van der Waals surface area contributed by atoms with Crippen LogP contribution in [0.25, 0.3) is 0 Å². The summed E-state index contributed by atoms with van der Waals surface area (Å²) >= 11 is 0. The van der Waals surface area contributed by atoms with Crippen molar-refractivity contribution < 1.29 is 19.4 Å². The lowest BCUT2D eigenvalue weighted by molar-refractivity contribution is 0.0510. The summed E-state index contributed by atoms with van der Waals surface area (Å²) in [4.78, 5) is 23.3. The van der Waals surface area contributed by atoms with Crippen molar-refractivity contribution in [2.24, 2.45) is 5.92 Å². The highest BCUT2D eigenvalue weighted by Crippen LogP contribution is 2.34. The van der Waals surface area contributed by atoms with Gasteiger partial charge in [0, 0.05) is 24.1 Å². The van der Waals surface area contributed by atoms with Crippen LogP contribution in [0, 0.1) is 5.92 Å². The van der Waals surface area contributed by atoms with Crippen molar-refractivity contribution in [1.29, 1.82) is 0 Å². The molecule has 1 aliphatic carbocycles. The molecule has 5 heteroatoms. The van der Waals surface area contributed by atoms with Gasteiger partial charge in [0.1, 0.15) is 0 Å². The minimum absolute atomic E-state index is 0.132. The minimum Gasteiger partial charge on any atom is -0.478 e. The third-order valence-corrected chi connectivity index (χ3v) is 4.47. The number of carboxylic acid groups (broad SMARTS) is 1. The summed E-state index contributed by atoms with van der Waals surface area (Å²) < 4.78 is 5.70. The van der Waals surface area contributed by atoms with Crippen LogP contribution in [-0.2, 0) is 4.74 Å². The maximum Gasteiger partial charge on any atom is 0.335 e. The SMILES string of the molecule is O=C(O)c1cccc(C(=O)N[C@@H]2CCC[C@H]3OCC[C@@H]23)c1. The van der Waals surface area contributed by atoms with Crippen LogP contribution in [0.15, 0.2) is 24.3 Å². The van der Waals surface area contributed by atoms with Gasteiger partial charge in [0.05, 0.1) is 11.7 Å². The quantitative estimate of drug-likeness (QED) is 0.893. The van der Waals surface area contributed by atoms with Crippen LogP contribution in [0.1, 0.15) is 46.4 Å². The number of carbonyl (C=O) groups excluding carboxylic acids is 1. The Morgan fingerprint density at radius 2 is 2.00 bits per heavy atom. The second-order valence-electron chi connectivity index (χ2n) is 5.76. The van der Waals surface area contributed by atoms with Crippen molar-refractivity contribution in [1.82, 2.24) is 5.32 Å². The lowest BCUT2D eigenvalue weighted by Crippen LogP contribution is -2.45. The number of carboxylic acids is 1. The molecule has 2 aliphatic rings. The Morgan fingerprint density at radius 3 is 2.81 bits per heavy atom. The molecule has 0 unspecified atom stereocenters. The van der Waals surface area contributed by atoms with E-state index < -0.39 is 5.97 Å². The van der Waals surface area contributed by atoms with E-state index in [0.717, 1.165) is 32.3 Å². The van der Waals surface area contributed by atoms with Crippen LogP contribution in [0.3, 0.4) is 0 Å². The Balaban J connectivity index is 1.71. The number of nitrogens with one attached hydrogen (secondary N) is 1. The highest BCUT2D eigenvalue weighted by molar-refractivity contribution is 5.97. The molecule has 1 aromatic rings. The molecule has 2 fully saturated rings. The molecule has 1 saturated carbocycles. The maximum absolute atomic E-state index is 12.3. The normalized spacial score (nSPS) is 27.9. The molecule has 0 aromatic heterocycles. The first-order valence-corrected chi connectivity index (χ1v) is 7.41. The van der Waals surface area contributed by atoms with Crippen LogP contribution in [0.4, 0.5) is 0 Å². The zero-order valence-corrected chi connectivity index (χ0v) is 11.7. The van der Waals surface area contributed by atoms with Gasteiger partial charge in [0.25, 0.3) is 5.91 Å². The minimum atomic E-state index is -1.02. The number of rotatable bonds is 3. The van der Waals surface area contributed by atoms with Gasteiger partial charge >= 0.3 is 5.97 Å². The standard InChI is InChI=1S/C16H19NO4/c18-15(10-3-1-4-11(9-10)16(19)20)17-13-5-2-6-14-12(13)7-8-21-14/h1,3-4,9,12-14H,2,5-8H2,(H,17,18)(H,19,20)/t12-,13+,14+/m0/s1. The Morgan fingerprint density at radius 1 is 1.19 bits per heavy atom. The predicted molar refractivity (Wildman–Crippen MR) is 76.4 cm³/mol. The highest BCUT2D eigenvalue weighted by atomic mass is 16.5. The van der Waals surface area contributed by atoms with Crippen LogP contribution < -0.4 is 5.32 Å². The zero-order valence-electron chi connectivity index (χ0n) is 11.7. The lowest BCUT2D eigenvalue weighted by Gasteiger charge is -2.33. The largest absolute Gasteiger partial charge is 0.478 e. The summed E-state index contributed by atoms with van der Waals surface area (Å²) in [6, 6.07) is 6.28. The molecule has 5 nitrogen and oxygen atoms in total. The molecule has 112 valence electrons. The van der Waals surface area contributed by atoms with Crippen LogP contribution >= 0.6 is 0 Å². The van der Waals surface area contributed by atoms with Gasteiger partial charge in [-0.3, -0.25) is 4.79 Å². The van der Waals surface area contributed by atoms with Crippen molar-refractivity contribution in [3.05, 3.63) is 35.4 Å². The molecule has 3 rings (SSSR count). The van der Waals surface area contributed by atoms with Crippen molar-refractivity contribution in [3.63, 3.8) is 0 Å². The number of fused-ring (bicyclic) bond motifs is 1. The topological polar surface area (TPSA) is 75.6 Å². The number of hydrogen-bond acceptors (Lipinski definition) is 3. The van der Waals surface area contributed by atoms with E-state index in [4.69, 9.17) is 9.84 Å². The van der Waals surface area contributed by atoms with E-state index in [2.05, 4.69) is 5.32 Å². The molecule has 1 aromatic carbocycles. The fourth-order valence-corrected chi connectivity index (χ4v) is 3.40.